The summed E-state index contributed by atoms with van der Waals surface area (Å²) in [5.41, 5.74) is -0.786. The molecule has 38 heavy (non-hydrogen) atoms. The van der Waals surface area contributed by atoms with Gasteiger partial charge in [0.1, 0.15) is 22.9 Å². The standard InChI is InChI=1S/C27H37FN6O4/c1-27(2,3)38-26(36)34(28)21-5-7-22(8-6-21)37-23-9-12-29-24(19-23)30-25(35)33-13-10-20(11-14-33)32-17-15-31(4)16-18-32/h5-9,12,19-20H,10-11,13-18H2,1-4H3,(H,29,30,35). The highest BCUT2D eigenvalue weighted by Crippen LogP contribution is 2.27. The summed E-state index contributed by atoms with van der Waals surface area (Å²) in [7, 11) is 2.15. The molecule has 2 aliphatic heterocycles. The Morgan fingerprint density at radius 1 is 1.00 bits per heavy atom. The average molecular weight is 529 g/mol. The zero-order valence-corrected chi connectivity index (χ0v) is 22.5. The van der Waals surface area contributed by atoms with Crippen molar-refractivity contribution in [1.29, 1.82) is 0 Å². The van der Waals surface area contributed by atoms with Crippen molar-refractivity contribution in [3.63, 3.8) is 0 Å². The maximum Gasteiger partial charge on any atom is 0.443 e. The Labute approximate surface area is 223 Å². The van der Waals surface area contributed by atoms with Crippen LogP contribution in [-0.4, -0.2) is 89.8 Å². The van der Waals surface area contributed by atoms with E-state index in [0.717, 1.165) is 39.0 Å². The summed E-state index contributed by atoms with van der Waals surface area (Å²) in [6.07, 6.45) is 2.39. The summed E-state index contributed by atoms with van der Waals surface area (Å²) >= 11 is 0. The number of nitrogens with zero attached hydrogens (tertiary/aromatic N) is 5. The number of likely N-dealkylation sites (tertiary alicyclic amines) is 1. The number of piperazine rings is 1. The molecule has 2 aliphatic rings. The third-order valence-electron chi connectivity index (χ3n) is 6.63. The molecular formula is C27H37FN6O4. The van der Waals surface area contributed by atoms with Gasteiger partial charge < -0.3 is 19.3 Å². The topological polar surface area (TPSA) is 90.5 Å². The van der Waals surface area contributed by atoms with Crippen LogP contribution in [0.3, 0.4) is 0 Å². The SMILES string of the molecule is CN1CCN(C2CCN(C(=O)Nc3cc(Oc4ccc(N(F)C(=O)OC(C)(C)C)cc4)ccn3)CC2)CC1. The number of likely N-dealkylation sites (N-methyl/N-ethyl adjacent to an activating group) is 1. The minimum Gasteiger partial charge on any atom is -0.457 e. The molecule has 0 radical (unpaired) electrons. The Kier molecular flexibility index (Phi) is 8.68. The number of halogens is 1. The number of hydrogen-bond donors (Lipinski definition) is 1. The number of anilines is 2. The first kappa shape index (κ1) is 27.6. The van der Waals surface area contributed by atoms with Crippen molar-refractivity contribution < 1.29 is 23.5 Å². The van der Waals surface area contributed by atoms with Gasteiger partial charge in [0.25, 0.3) is 0 Å². The van der Waals surface area contributed by atoms with E-state index in [1.165, 1.54) is 24.3 Å². The zero-order valence-electron chi connectivity index (χ0n) is 22.5. The predicted octanol–water partition coefficient (Wildman–Crippen LogP) is 4.74. The highest BCUT2D eigenvalue weighted by atomic mass is 19.2. The fraction of sp³-hybridized carbons (Fsp3) is 0.519. The van der Waals surface area contributed by atoms with Gasteiger partial charge in [-0.15, -0.1) is 5.12 Å². The molecule has 0 bridgehead atoms. The second-order valence-corrected chi connectivity index (χ2v) is 10.7. The molecule has 2 saturated heterocycles. The number of urea groups is 1. The lowest BCUT2D eigenvalue weighted by Crippen LogP contribution is -2.53. The Hall–Kier alpha value is -3.44. The molecule has 2 fully saturated rings. The fourth-order valence-electron chi connectivity index (χ4n) is 4.54. The second-order valence-electron chi connectivity index (χ2n) is 10.7. The average Bonchev–Trinajstić information content (AvgIpc) is 2.88. The van der Waals surface area contributed by atoms with Gasteiger partial charge in [-0.1, -0.05) is 4.48 Å². The molecule has 206 valence electrons. The third kappa shape index (κ3) is 7.55. The summed E-state index contributed by atoms with van der Waals surface area (Å²) in [6, 6.07) is 9.54. The van der Waals surface area contributed by atoms with E-state index in [1.54, 1.807) is 39.1 Å². The number of piperidine rings is 1. The number of nitrogens with one attached hydrogen (secondary N) is 1. The molecule has 0 atom stereocenters. The molecule has 3 heterocycles. The molecule has 0 aliphatic carbocycles. The first-order chi connectivity index (χ1) is 18.1. The van der Waals surface area contributed by atoms with Crippen molar-refractivity contribution in [2.24, 2.45) is 0 Å². The van der Waals surface area contributed by atoms with Crippen LogP contribution in [0.2, 0.25) is 0 Å². The number of hydrogen-bond acceptors (Lipinski definition) is 7. The Morgan fingerprint density at radius 3 is 2.29 bits per heavy atom. The minimum absolute atomic E-state index is 0.0191. The van der Waals surface area contributed by atoms with Crippen molar-refractivity contribution in [2.75, 3.05) is 56.8 Å². The number of rotatable bonds is 5. The molecular weight excluding hydrogens is 491 g/mol. The fourth-order valence-corrected chi connectivity index (χ4v) is 4.54. The normalized spacial score (nSPS) is 17.7. The van der Waals surface area contributed by atoms with Crippen LogP contribution in [0.4, 0.5) is 25.6 Å². The van der Waals surface area contributed by atoms with Crippen LogP contribution in [0.5, 0.6) is 11.5 Å². The van der Waals surface area contributed by atoms with Crippen LogP contribution in [0, 0.1) is 0 Å². The predicted molar refractivity (Wildman–Crippen MR) is 143 cm³/mol. The van der Waals surface area contributed by atoms with Gasteiger partial charge in [-0.25, -0.2) is 14.6 Å². The van der Waals surface area contributed by atoms with E-state index in [4.69, 9.17) is 9.47 Å². The first-order valence-corrected chi connectivity index (χ1v) is 13.0. The highest BCUT2D eigenvalue weighted by Gasteiger charge is 2.28. The van der Waals surface area contributed by atoms with Crippen molar-refractivity contribution in [1.82, 2.24) is 19.7 Å². The van der Waals surface area contributed by atoms with Crippen LogP contribution >= 0.6 is 0 Å². The molecule has 4 rings (SSSR count). The number of benzene rings is 1. The maximum absolute atomic E-state index is 14.3. The van der Waals surface area contributed by atoms with E-state index in [9.17, 15) is 14.1 Å². The number of carbonyl (C=O) groups is 2. The summed E-state index contributed by atoms with van der Waals surface area (Å²) < 4.78 is 25.2. The maximum atomic E-state index is 14.3. The van der Waals surface area contributed by atoms with E-state index < -0.39 is 11.7 Å². The van der Waals surface area contributed by atoms with E-state index in [2.05, 4.69) is 27.1 Å². The number of pyridine rings is 1. The quantitative estimate of drug-likeness (QED) is 0.561. The molecule has 1 N–H and O–H groups in total. The molecule has 1 aromatic carbocycles. The van der Waals surface area contributed by atoms with Crippen molar-refractivity contribution in [3.05, 3.63) is 42.6 Å². The lowest BCUT2D eigenvalue weighted by Gasteiger charge is -2.42. The van der Waals surface area contributed by atoms with Crippen molar-refractivity contribution >= 4 is 23.6 Å². The van der Waals surface area contributed by atoms with Gasteiger partial charge in [0.15, 0.2) is 0 Å². The van der Waals surface area contributed by atoms with E-state index in [1.807, 2.05) is 4.90 Å². The molecule has 3 amide bonds. The lowest BCUT2D eigenvalue weighted by atomic mass is 10.0. The number of amides is 3. The van der Waals surface area contributed by atoms with Gasteiger partial charge in [0.05, 0.1) is 5.69 Å². The first-order valence-electron chi connectivity index (χ1n) is 13.0. The van der Waals surface area contributed by atoms with Crippen LogP contribution in [0.25, 0.3) is 0 Å². The summed E-state index contributed by atoms with van der Waals surface area (Å²) in [4.78, 5) is 35.7. The highest BCUT2D eigenvalue weighted by molar-refractivity contribution is 5.88. The van der Waals surface area contributed by atoms with Gasteiger partial charge >= 0.3 is 12.1 Å². The molecule has 0 saturated carbocycles. The smallest absolute Gasteiger partial charge is 0.443 e. The van der Waals surface area contributed by atoms with Crippen molar-refractivity contribution in [3.8, 4) is 11.5 Å². The summed E-state index contributed by atoms with van der Waals surface area (Å²) in [5, 5.41) is 2.81. The molecule has 0 unspecified atom stereocenters. The zero-order chi connectivity index (χ0) is 27.3. The number of carbonyl (C=O) groups excluding carboxylic acids is 2. The van der Waals surface area contributed by atoms with Crippen LogP contribution in [0.15, 0.2) is 42.6 Å². The second kappa shape index (κ2) is 12.0. The van der Waals surface area contributed by atoms with Crippen LogP contribution < -0.4 is 15.2 Å². The Balaban J connectivity index is 1.28. The van der Waals surface area contributed by atoms with E-state index in [-0.39, 0.29) is 16.8 Å². The molecule has 10 nitrogen and oxygen atoms in total. The molecule has 0 spiro atoms. The van der Waals surface area contributed by atoms with Crippen LogP contribution in [-0.2, 0) is 4.74 Å². The summed E-state index contributed by atoms with van der Waals surface area (Å²) in [5.74, 6) is 1.27. The lowest BCUT2D eigenvalue weighted by molar-refractivity contribution is 0.0501. The molecule has 11 heteroatoms. The monoisotopic (exact) mass is 528 g/mol. The molecule has 1 aromatic heterocycles. The van der Waals surface area contributed by atoms with Crippen molar-refractivity contribution in [2.45, 2.75) is 45.3 Å². The van der Waals surface area contributed by atoms with Gasteiger partial charge in [0.2, 0.25) is 0 Å². The largest absolute Gasteiger partial charge is 0.457 e. The van der Waals surface area contributed by atoms with Crippen LogP contribution in [0.1, 0.15) is 33.6 Å². The number of ether oxygens (including phenoxy) is 2. The molecule has 2 aromatic rings. The van der Waals surface area contributed by atoms with Gasteiger partial charge in [-0.05, 0) is 71.0 Å². The van der Waals surface area contributed by atoms with E-state index in [0.29, 0.717) is 36.4 Å². The van der Waals surface area contributed by atoms with Gasteiger partial charge in [0, 0.05) is 57.6 Å². The van der Waals surface area contributed by atoms with E-state index >= 15 is 0 Å². The third-order valence-corrected chi connectivity index (χ3v) is 6.63. The Morgan fingerprint density at radius 2 is 1.66 bits per heavy atom. The minimum atomic E-state index is -1.09. The Bertz CT molecular complexity index is 1090. The van der Waals surface area contributed by atoms with Gasteiger partial charge in [-0.3, -0.25) is 10.2 Å². The number of aromatic nitrogens is 1. The van der Waals surface area contributed by atoms with Gasteiger partial charge in [-0.2, -0.15) is 0 Å². The summed E-state index contributed by atoms with van der Waals surface area (Å²) in [6.45, 7) is 10.8.